The van der Waals surface area contributed by atoms with Gasteiger partial charge >= 0.3 is 0 Å². The molecule has 0 atom stereocenters. The summed E-state index contributed by atoms with van der Waals surface area (Å²) in [5.74, 6) is -1.17. The van der Waals surface area contributed by atoms with Crippen LogP contribution in [0.2, 0.25) is 0 Å². The number of hydrogen-bond donors (Lipinski definition) is 1. The summed E-state index contributed by atoms with van der Waals surface area (Å²) in [6, 6.07) is 4.01. The number of hydrogen-bond acceptors (Lipinski definition) is 7. The molecule has 2 N–H and O–H groups in total. The largest absolute Gasteiger partial charge is 0.383 e. The number of benzene rings is 1. The SMILES string of the molecule is COCCN1CCN(c2nc(-c3cccc(F)c3F)c3c(N)n(C)nc3n2)CC1. The van der Waals surface area contributed by atoms with Crippen molar-refractivity contribution in [3.8, 4) is 11.3 Å². The Labute approximate surface area is 166 Å². The van der Waals surface area contributed by atoms with Gasteiger partial charge in [-0.05, 0) is 12.1 Å². The number of nitrogens with two attached hydrogens (primary N) is 1. The highest BCUT2D eigenvalue weighted by Gasteiger charge is 2.24. The first kappa shape index (κ1) is 19.5. The molecule has 154 valence electrons. The van der Waals surface area contributed by atoms with Crippen molar-refractivity contribution in [3.63, 3.8) is 0 Å². The number of aryl methyl sites for hydroxylation is 1. The van der Waals surface area contributed by atoms with Crippen LogP contribution in [0.5, 0.6) is 0 Å². The molecule has 0 spiro atoms. The topological polar surface area (TPSA) is 85.3 Å². The second-order valence-corrected chi connectivity index (χ2v) is 7.00. The van der Waals surface area contributed by atoms with E-state index >= 15 is 0 Å². The summed E-state index contributed by atoms with van der Waals surface area (Å²) < 4.78 is 35.0. The maximum atomic E-state index is 14.6. The van der Waals surface area contributed by atoms with E-state index in [9.17, 15) is 8.78 Å². The minimum Gasteiger partial charge on any atom is -0.383 e. The zero-order valence-electron chi connectivity index (χ0n) is 16.4. The quantitative estimate of drug-likeness (QED) is 0.693. The molecule has 2 aromatic heterocycles. The van der Waals surface area contributed by atoms with Crippen LogP contribution in [0.1, 0.15) is 0 Å². The van der Waals surface area contributed by atoms with Gasteiger partial charge in [-0.15, -0.1) is 0 Å². The average molecular weight is 403 g/mol. The molecule has 1 saturated heterocycles. The van der Waals surface area contributed by atoms with Crippen LogP contribution in [-0.2, 0) is 11.8 Å². The van der Waals surface area contributed by atoms with Crippen molar-refractivity contribution in [1.82, 2.24) is 24.6 Å². The fourth-order valence-corrected chi connectivity index (χ4v) is 3.52. The fourth-order valence-electron chi connectivity index (χ4n) is 3.52. The van der Waals surface area contributed by atoms with Gasteiger partial charge in [0.25, 0.3) is 0 Å². The molecule has 1 aliphatic rings. The van der Waals surface area contributed by atoms with Crippen LogP contribution >= 0.6 is 0 Å². The predicted octanol–water partition coefficient (Wildman–Crippen LogP) is 1.66. The van der Waals surface area contributed by atoms with E-state index in [1.165, 1.54) is 16.8 Å². The van der Waals surface area contributed by atoms with Crippen LogP contribution in [0.4, 0.5) is 20.5 Å². The maximum absolute atomic E-state index is 14.6. The molecule has 4 rings (SSSR count). The van der Waals surface area contributed by atoms with Gasteiger partial charge in [-0.3, -0.25) is 9.58 Å². The highest BCUT2D eigenvalue weighted by Crippen LogP contribution is 2.33. The average Bonchev–Trinajstić information content (AvgIpc) is 3.02. The Morgan fingerprint density at radius 1 is 1.14 bits per heavy atom. The third-order valence-corrected chi connectivity index (χ3v) is 5.20. The van der Waals surface area contributed by atoms with Crippen LogP contribution in [-0.4, -0.2) is 71.1 Å². The van der Waals surface area contributed by atoms with E-state index in [2.05, 4.69) is 20.0 Å². The fraction of sp³-hybridized carbons (Fsp3) is 0.421. The molecule has 8 nitrogen and oxygen atoms in total. The third kappa shape index (κ3) is 3.60. The second kappa shape index (κ2) is 7.88. The molecule has 0 unspecified atom stereocenters. The van der Waals surface area contributed by atoms with Gasteiger partial charge in [-0.25, -0.2) is 13.8 Å². The summed E-state index contributed by atoms with van der Waals surface area (Å²) in [6.07, 6.45) is 0. The molecule has 1 fully saturated rings. The van der Waals surface area contributed by atoms with E-state index in [1.807, 2.05) is 4.90 Å². The van der Waals surface area contributed by atoms with E-state index in [0.717, 1.165) is 25.7 Å². The molecule has 0 radical (unpaired) electrons. The van der Waals surface area contributed by atoms with Crippen molar-refractivity contribution in [2.45, 2.75) is 0 Å². The zero-order valence-corrected chi connectivity index (χ0v) is 16.4. The number of halogens is 2. The predicted molar refractivity (Wildman–Crippen MR) is 107 cm³/mol. The first-order valence-corrected chi connectivity index (χ1v) is 9.40. The molecule has 0 bridgehead atoms. The lowest BCUT2D eigenvalue weighted by molar-refractivity contribution is 0.144. The lowest BCUT2D eigenvalue weighted by Gasteiger charge is -2.34. The number of rotatable bonds is 5. The number of nitrogen functional groups attached to an aromatic ring is 1. The van der Waals surface area contributed by atoms with E-state index < -0.39 is 11.6 Å². The second-order valence-electron chi connectivity index (χ2n) is 7.00. The van der Waals surface area contributed by atoms with Gasteiger partial charge in [0, 0.05) is 52.4 Å². The molecule has 0 saturated carbocycles. The molecule has 0 aliphatic carbocycles. The molecule has 1 aromatic carbocycles. The van der Waals surface area contributed by atoms with Gasteiger partial charge in [0.2, 0.25) is 5.95 Å². The molecule has 3 heterocycles. The van der Waals surface area contributed by atoms with Crippen molar-refractivity contribution in [2.24, 2.45) is 7.05 Å². The van der Waals surface area contributed by atoms with Gasteiger partial charge < -0.3 is 15.4 Å². The van der Waals surface area contributed by atoms with Gasteiger partial charge in [-0.1, -0.05) is 6.07 Å². The van der Waals surface area contributed by atoms with Gasteiger partial charge in [0.15, 0.2) is 17.3 Å². The molecular weight excluding hydrogens is 380 g/mol. The summed E-state index contributed by atoms with van der Waals surface area (Å²) in [6.45, 7) is 4.63. The Balaban J connectivity index is 1.75. The summed E-state index contributed by atoms with van der Waals surface area (Å²) in [7, 11) is 3.36. The Morgan fingerprint density at radius 3 is 2.62 bits per heavy atom. The summed E-state index contributed by atoms with van der Waals surface area (Å²) >= 11 is 0. The maximum Gasteiger partial charge on any atom is 0.228 e. The number of nitrogens with zero attached hydrogens (tertiary/aromatic N) is 6. The zero-order chi connectivity index (χ0) is 20.5. The van der Waals surface area contributed by atoms with E-state index in [-0.39, 0.29) is 11.3 Å². The van der Waals surface area contributed by atoms with E-state index in [4.69, 9.17) is 10.5 Å². The highest BCUT2D eigenvalue weighted by molar-refractivity contribution is 5.99. The Bertz CT molecular complexity index is 1030. The Hall–Kier alpha value is -2.85. The van der Waals surface area contributed by atoms with Crippen LogP contribution < -0.4 is 10.6 Å². The van der Waals surface area contributed by atoms with E-state index in [1.54, 1.807) is 14.2 Å². The third-order valence-electron chi connectivity index (χ3n) is 5.20. The number of methoxy groups -OCH3 is 1. The number of fused-ring (bicyclic) bond motifs is 1. The van der Waals surface area contributed by atoms with Crippen molar-refractivity contribution in [2.75, 3.05) is 57.1 Å². The first-order chi connectivity index (χ1) is 14.0. The number of aromatic nitrogens is 4. The van der Waals surface area contributed by atoms with E-state index in [0.29, 0.717) is 42.5 Å². The first-order valence-electron chi connectivity index (χ1n) is 9.40. The molecule has 3 aromatic rings. The van der Waals surface area contributed by atoms with Crippen LogP contribution in [0.25, 0.3) is 22.3 Å². The summed E-state index contributed by atoms with van der Waals surface area (Å²) in [4.78, 5) is 13.5. The summed E-state index contributed by atoms with van der Waals surface area (Å²) in [5, 5.41) is 4.75. The molecule has 29 heavy (non-hydrogen) atoms. The lowest BCUT2D eigenvalue weighted by atomic mass is 10.1. The highest BCUT2D eigenvalue weighted by atomic mass is 19.2. The summed E-state index contributed by atoms with van der Waals surface area (Å²) in [5.41, 5.74) is 6.77. The number of anilines is 2. The van der Waals surface area contributed by atoms with Crippen molar-refractivity contribution >= 4 is 22.8 Å². The minimum absolute atomic E-state index is 0.0390. The number of ether oxygens (including phenoxy) is 1. The molecular formula is C19H23F2N7O. The Morgan fingerprint density at radius 2 is 1.90 bits per heavy atom. The van der Waals surface area contributed by atoms with Crippen LogP contribution in [0, 0.1) is 11.6 Å². The standard InChI is InChI=1S/C19H23F2N7O/c1-26-17(22)14-16(12-4-3-5-13(20)15(12)21)23-19(24-18(14)25-26)28-8-6-27(7-9-28)10-11-29-2/h3-5H,6-11,22H2,1-2H3. The van der Waals surface area contributed by atoms with Gasteiger partial charge in [0.05, 0.1) is 17.7 Å². The Kier molecular flexibility index (Phi) is 5.29. The van der Waals surface area contributed by atoms with Crippen molar-refractivity contribution in [3.05, 3.63) is 29.8 Å². The molecule has 1 aliphatic heterocycles. The minimum atomic E-state index is -0.967. The number of piperazine rings is 1. The van der Waals surface area contributed by atoms with Gasteiger partial charge in [0.1, 0.15) is 5.82 Å². The molecule has 10 heteroatoms. The smallest absolute Gasteiger partial charge is 0.228 e. The van der Waals surface area contributed by atoms with Crippen LogP contribution in [0.15, 0.2) is 18.2 Å². The van der Waals surface area contributed by atoms with Crippen molar-refractivity contribution < 1.29 is 13.5 Å². The molecule has 0 amide bonds. The van der Waals surface area contributed by atoms with Crippen molar-refractivity contribution in [1.29, 1.82) is 0 Å². The lowest BCUT2D eigenvalue weighted by Crippen LogP contribution is -2.47. The normalized spacial score (nSPS) is 15.4. The monoisotopic (exact) mass is 403 g/mol. The van der Waals surface area contributed by atoms with Crippen LogP contribution in [0.3, 0.4) is 0 Å². The van der Waals surface area contributed by atoms with Gasteiger partial charge in [-0.2, -0.15) is 10.1 Å².